The summed E-state index contributed by atoms with van der Waals surface area (Å²) in [6.45, 7) is 2.27. The first-order valence-corrected chi connectivity index (χ1v) is 10.1. The van der Waals surface area contributed by atoms with Crippen LogP contribution in [0.25, 0.3) is 0 Å². The van der Waals surface area contributed by atoms with Gasteiger partial charge in [0.1, 0.15) is 0 Å². The lowest BCUT2D eigenvalue weighted by molar-refractivity contribution is -0.125. The molecule has 8 heteroatoms. The number of aromatic nitrogens is 4. The molecule has 0 unspecified atom stereocenters. The highest BCUT2D eigenvalue weighted by Crippen LogP contribution is 2.22. The summed E-state index contributed by atoms with van der Waals surface area (Å²) in [5.74, 6) is 0.000961. The Morgan fingerprint density at radius 2 is 1.90 bits per heavy atom. The van der Waals surface area contributed by atoms with E-state index in [1.807, 2.05) is 30.3 Å². The second-order valence-electron chi connectivity index (χ2n) is 7.37. The average Bonchev–Trinajstić information content (AvgIpc) is 2.80. The maximum atomic E-state index is 12.5. The van der Waals surface area contributed by atoms with E-state index < -0.39 is 0 Å². The highest BCUT2D eigenvalue weighted by molar-refractivity contribution is 5.78. The first-order chi connectivity index (χ1) is 14.7. The Labute approximate surface area is 174 Å². The number of anilines is 1. The first kappa shape index (κ1) is 19.8. The van der Waals surface area contributed by atoms with Crippen molar-refractivity contribution in [3.05, 3.63) is 82.8 Å². The minimum absolute atomic E-state index is 0.0377. The van der Waals surface area contributed by atoms with Gasteiger partial charge in [0.05, 0.1) is 36.9 Å². The van der Waals surface area contributed by atoms with Crippen molar-refractivity contribution in [1.82, 2.24) is 25.1 Å². The number of rotatable bonds is 6. The van der Waals surface area contributed by atoms with E-state index >= 15 is 0 Å². The topological polar surface area (TPSA) is 93.0 Å². The van der Waals surface area contributed by atoms with Crippen LogP contribution in [0.3, 0.4) is 0 Å². The largest absolute Gasteiger partial charge is 0.370 e. The van der Waals surface area contributed by atoms with E-state index in [0.29, 0.717) is 26.2 Å². The van der Waals surface area contributed by atoms with Gasteiger partial charge < -0.3 is 10.2 Å². The van der Waals surface area contributed by atoms with Crippen LogP contribution in [-0.2, 0) is 17.9 Å². The summed E-state index contributed by atoms with van der Waals surface area (Å²) >= 11 is 0. The fraction of sp³-hybridized carbons (Fsp3) is 0.318. The van der Waals surface area contributed by atoms with Gasteiger partial charge in [-0.1, -0.05) is 30.3 Å². The monoisotopic (exact) mass is 404 g/mol. The van der Waals surface area contributed by atoms with Gasteiger partial charge >= 0.3 is 0 Å². The molecule has 4 rings (SSSR count). The lowest BCUT2D eigenvalue weighted by Crippen LogP contribution is -2.41. The lowest BCUT2D eigenvalue weighted by Gasteiger charge is -2.32. The first-order valence-electron chi connectivity index (χ1n) is 10.1. The number of carbonyl (C=O) groups is 1. The predicted octanol–water partition coefficient (Wildman–Crippen LogP) is 1.61. The molecule has 0 spiro atoms. The van der Waals surface area contributed by atoms with Crippen molar-refractivity contribution in [1.29, 1.82) is 0 Å². The minimum Gasteiger partial charge on any atom is -0.370 e. The van der Waals surface area contributed by atoms with Crippen LogP contribution >= 0.6 is 0 Å². The molecule has 0 saturated carbocycles. The molecule has 1 amide bonds. The quantitative estimate of drug-likeness (QED) is 0.671. The second-order valence-corrected chi connectivity index (χ2v) is 7.37. The molecule has 3 aromatic rings. The smallest absolute Gasteiger partial charge is 0.269 e. The Morgan fingerprint density at radius 3 is 2.60 bits per heavy atom. The summed E-state index contributed by atoms with van der Waals surface area (Å²) in [6, 6.07) is 11.4. The van der Waals surface area contributed by atoms with Crippen LogP contribution in [0.1, 0.15) is 24.1 Å². The van der Waals surface area contributed by atoms with Crippen molar-refractivity contribution >= 4 is 11.6 Å². The fourth-order valence-corrected chi connectivity index (χ4v) is 3.62. The van der Waals surface area contributed by atoms with E-state index in [9.17, 15) is 9.59 Å². The molecule has 8 nitrogen and oxygen atoms in total. The van der Waals surface area contributed by atoms with Gasteiger partial charge in [0.25, 0.3) is 5.56 Å². The Morgan fingerprint density at radius 1 is 1.10 bits per heavy atom. The fourth-order valence-electron chi connectivity index (χ4n) is 3.62. The summed E-state index contributed by atoms with van der Waals surface area (Å²) in [6.07, 6.45) is 8.07. The van der Waals surface area contributed by atoms with Crippen LogP contribution in [0, 0.1) is 5.92 Å². The highest BCUT2D eigenvalue weighted by atomic mass is 16.2. The van der Waals surface area contributed by atoms with Gasteiger partial charge in [-0.3, -0.25) is 19.6 Å². The lowest BCUT2D eigenvalue weighted by atomic mass is 9.95. The van der Waals surface area contributed by atoms with Crippen molar-refractivity contribution in [3.63, 3.8) is 0 Å². The second kappa shape index (κ2) is 9.30. The highest BCUT2D eigenvalue weighted by Gasteiger charge is 2.25. The van der Waals surface area contributed by atoms with Gasteiger partial charge in [-0.25, -0.2) is 4.68 Å². The number of hydrogen-bond donors (Lipinski definition) is 1. The van der Waals surface area contributed by atoms with Gasteiger partial charge in [0.15, 0.2) is 0 Å². The third-order valence-electron chi connectivity index (χ3n) is 5.32. The Balaban J connectivity index is 1.31. The van der Waals surface area contributed by atoms with E-state index in [0.717, 1.165) is 29.8 Å². The van der Waals surface area contributed by atoms with Crippen LogP contribution in [0.5, 0.6) is 0 Å². The summed E-state index contributed by atoms with van der Waals surface area (Å²) < 4.78 is 1.46. The molecule has 3 heterocycles. The normalized spacial score (nSPS) is 14.5. The average molecular weight is 404 g/mol. The molecule has 1 fully saturated rings. The summed E-state index contributed by atoms with van der Waals surface area (Å²) in [5, 5.41) is 7.27. The molecule has 1 saturated heterocycles. The molecule has 0 bridgehead atoms. The number of amides is 1. The van der Waals surface area contributed by atoms with Crippen LogP contribution < -0.4 is 15.8 Å². The van der Waals surface area contributed by atoms with Crippen LogP contribution in [0.2, 0.25) is 0 Å². The van der Waals surface area contributed by atoms with Gasteiger partial charge in [-0.15, -0.1) is 0 Å². The van der Waals surface area contributed by atoms with E-state index in [4.69, 9.17) is 0 Å². The van der Waals surface area contributed by atoms with Gasteiger partial charge in [-0.05, 0) is 18.4 Å². The molecule has 30 heavy (non-hydrogen) atoms. The zero-order valence-electron chi connectivity index (χ0n) is 16.6. The SMILES string of the molecule is O=C(NCc1cnccn1)C1CCN(c2cnn(Cc3ccccc3)c(=O)c2)CC1. The number of hydrogen-bond acceptors (Lipinski definition) is 6. The molecule has 1 aliphatic heterocycles. The number of piperidine rings is 1. The standard InChI is InChI=1S/C22H24N6O2/c29-21-12-20(15-26-28(21)16-17-4-2-1-3-5-17)27-10-6-18(7-11-27)22(30)25-14-19-13-23-8-9-24-19/h1-5,8-9,12-13,15,18H,6-7,10-11,14,16H2,(H,25,30). The number of nitrogens with zero attached hydrogens (tertiary/aromatic N) is 5. The molecule has 1 aliphatic rings. The van der Waals surface area contributed by atoms with E-state index in [-0.39, 0.29) is 17.4 Å². The van der Waals surface area contributed by atoms with Crippen molar-refractivity contribution in [2.45, 2.75) is 25.9 Å². The molecule has 0 radical (unpaired) electrons. The molecule has 0 aliphatic carbocycles. The van der Waals surface area contributed by atoms with Crippen molar-refractivity contribution in [2.24, 2.45) is 5.92 Å². The molecule has 0 atom stereocenters. The maximum absolute atomic E-state index is 12.5. The minimum atomic E-state index is -0.125. The van der Waals surface area contributed by atoms with Gasteiger partial charge in [0.2, 0.25) is 5.91 Å². The zero-order valence-corrected chi connectivity index (χ0v) is 16.6. The summed E-state index contributed by atoms with van der Waals surface area (Å²) in [7, 11) is 0. The molecule has 1 N–H and O–H groups in total. The molecule has 1 aromatic carbocycles. The van der Waals surface area contributed by atoms with Gasteiger partial charge in [0, 0.05) is 37.5 Å². The summed E-state index contributed by atoms with van der Waals surface area (Å²) in [4.78, 5) is 35.2. The number of nitrogens with one attached hydrogen (secondary N) is 1. The van der Waals surface area contributed by atoms with Gasteiger partial charge in [-0.2, -0.15) is 5.10 Å². The molecular formula is C22H24N6O2. The van der Waals surface area contributed by atoms with E-state index in [2.05, 4.69) is 25.3 Å². The Hall–Kier alpha value is -3.55. The van der Waals surface area contributed by atoms with E-state index in [1.54, 1.807) is 30.9 Å². The van der Waals surface area contributed by atoms with Crippen LogP contribution in [0.4, 0.5) is 5.69 Å². The Bertz CT molecular complexity index is 1030. The zero-order chi connectivity index (χ0) is 20.8. The van der Waals surface area contributed by atoms with E-state index in [1.165, 1.54) is 4.68 Å². The summed E-state index contributed by atoms with van der Waals surface area (Å²) in [5.41, 5.74) is 2.46. The predicted molar refractivity (Wildman–Crippen MR) is 113 cm³/mol. The Kier molecular flexibility index (Phi) is 6.12. The van der Waals surface area contributed by atoms with Crippen LogP contribution in [-0.4, -0.2) is 38.7 Å². The molecular weight excluding hydrogens is 380 g/mol. The maximum Gasteiger partial charge on any atom is 0.269 e. The number of benzene rings is 1. The third kappa shape index (κ3) is 4.89. The van der Waals surface area contributed by atoms with Crippen molar-refractivity contribution < 1.29 is 4.79 Å². The van der Waals surface area contributed by atoms with Crippen molar-refractivity contribution in [3.8, 4) is 0 Å². The molecule has 154 valence electrons. The number of carbonyl (C=O) groups excluding carboxylic acids is 1. The van der Waals surface area contributed by atoms with Crippen molar-refractivity contribution in [2.75, 3.05) is 18.0 Å². The molecule has 2 aromatic heterocycles. The third-order valence-corrected chi connectivity index (χ3v) is 5.32. The van der Waals surface area contributed by atoms with Crippen LogP contribution in [0.15, 0.2) is 66.0 Å².